The molecule has 2 aliphatic heterocycles. The fourth-order valence-electron chi connectivity index (χ4n) is 3.69. The van der Waals surface area contributed by atoms with Crippen LogP contribution in [0.1, 0.15) is 47.1 Å². The minimum atomic E-state index is -0.849. The van der Waals surface area contributed by atoms with Gasteiger partial charge in [-0.05, 0) is 61.7 Å². The molecule has 0 amide bonds. The van der Waals surface area contributed by atoms with Gasteiger partial charge in [-0.25, -0.2) is 8.78 Å². The van der Waals surface area contributed by atoms with Crippen molar-refractivity contribution < 1.29 is 13.5 Å². The summed E-state index contributed by atoms with van der Waals surface area (Å²) in [4.78, 5) is 0. The second-order valence-corrected chi connectivity index (χ2v) is 6.65. The van der Waals surface area contributed by atoms with Crippen molar-refractivity contribution in [3.05, 3.63) is 70.5 Å². The summed E-state index contributed by atoms with van der Waals surface area (Å²) in [6.07, 6.45) is 2.36. The molecule has 0 aliphatic carbocycles. The Bertz CT molecular complexity index is 911. The number of rotatable bonds is 2. The van der Waals surface area contributed by atoms with Gasteiger partial charge in [-0.1, -0.05) is 18.2 Å². The van der Waals surface area contributed by atoms with Gasteiger partial charge in [0.15, 0.2) is 0 Å². The van der Waals surface area contributed by atoms with Crippen molar-refractivity contribution in [3.8, 4) is 11.8 Å². The molecule has 2 heterocycles. The van der Waals surface area contributed by atoms with E-state index in [4.69, 9.17) is 10.00 Å². The number of benzene rings is 2. The standard InChI is InChI=1S/C21H18F2N2O/c22-18-10-13(12-24)4-5-16(18)20-11-19(23)17-3-1-2-15(21(17)26-20)14-6-8-25-9-7-14/h1-5,10-11,14,20,25H,6-9H2. The highest BCUT2D eigenvalue weighted by Gasteiger charge is 2.29. The van der Waals surface area contributed by atoms with E-state index in [1.807, 2.05) is 18.2 Å². The first kappa shape index (κ1) is 16.7. The van der Waals surface area contributed by atoms with E-state index in [1.165, 1.54) is 18.2 Å². The molecular formula is C21H18F2N2O. The maximum atomic E-state index is 14.7. The molecule has 5 heteroatoms. The van der Waals surface area contributed by atoms with Gasteiger partial charge in [-0.3, -0.25) is 0 Å². The number of nitriles is 1. The van der Waals surface area contributed by atoms with E-state index in [-0.39, 0.29) is 11.1 Å². The van der Waals surface area contributed by atoms with Crippen molar-refractivity contribution >= 4 is 5.83 Å². The van der Waals surface area contributed by atoms with Gasteiger partial charge in [0.2, 0.25) is 0 Å². The Balaban J connectivity index is 1.73. The molecule has 0 saturated carbocycles. The topological polar surface area (TPSA) is 45.0 Å². The zero-order chi connectivity index (χ0) is 18.1. The molecule has 26 heavy (non-hydrogen) atoms. The molecule has 4 rings (SSSR count). The van der Waals surface area contributed by atoms with Gasteiger partial charge in [0, 0.05) is 5.56 Å². The molecular weight excluding hydrogens is 334 g/mol. The fourth-order valence-corrected chi connectivity index (χ4v) is 3.69. The lowest BCUT2D eigenvalue weighted by Gasteiger charge is -2.30. The molecule has 0 radical (unpaired) electrons. The van der Waals surface area contributed by atoms with Gasteiger partial charge in [0.1, 0.15) is 23.5 Å². The highest BCUT2D eigenvalue weighted by atomic mass is 19.1. The minimum Gasteiger partial charge on any atom is -0.480 e. The largest absolute Gasteiger partial charge is 0.480 e. The van der Waals surface area contributed by atoms with Crippen LogP contribution in [0.4, 0.5) is 8.78 Å². The van der Waals surface area contributed by atoms with Gasteiger partial charge < -0.3 is 10.1 Å². The third-order valence-corrected chi connectivity index (χ3v) is 5.06. The van der Waals surface area contributed by atoms with Crippen LogP contribution in [0.5, 0.6) is 5.75 Å². The number of piperidine rings is 1. The van der Waals surface area contributed by atoms with E-state index in [1.54, 1.807) is 6.07 Å². The van der Waals surface area contributed by atoms with Gasteiger partial charge in [-0.2, -0.15) is 5.26 Å². The predicted octanol–water partition coefficient (Wildman–Crippen LogP) is 4.61. The summed E-state index contributed by atoms with van der Waals surface area (Å²) in [7, 11) is 0. The second-order valence-electron chi connectivity index (χ2n) is 6.65. The van der Waals surface area contributed by atoms with E-state index in [2.05, 4.69) is 5.32 Å². The average molecular weight is 352 g/mol. The number of halogens is 2. The van der Waals surface area contributed by atoms with Crippen molar-refractivity contribution in [1.29, 1.82) is 5.26 Å². The molecule has 2 aliphatic rings. The van der Waals surface area contributed by atoms with E-state index in [9.17, 15) is 8.78 Å². The van der Waals surface area contributed by atoms with Crippen molar-refractivity contribution in [2.24, 2.45) is 0 Å². The van der Waals surface area contributed by atoms with E-state index < -0.39 is 17.7 Å². The summed E-state index contributed by atoms with van der Waals surface area (Å²) in [6, 6.07) is 11.6. The maximum absolute atomic E-state index is 14.7. The first-order chi connectivity index (χ1) is 12.7. The van der Waals surface area contributed by atoms with E-state index >= 15 is 0 Å². The second kappa shape index (κ2) is 6.89. The summed E-state index contributed by atoms with van der Waals surface area (Å²) < 4.78 is 35.2. The lowest BCUT2D eigenvalue weighted by molar-refractivity contribution is 0.237. The van der Waals surface area contributed by atoms with Crippen molar-refractivity contribution in [2.75, 3.05) is 13.1 Å². The van der Waals surface area contributed by atoms with Gasteiger partial charge >= 0.3 is 0 Å². The van der Waals surface area contributed by atoms with Gasteiger partial charge in [0.25, 0.3) is 0 Å². The Morgan fingerprint density at radius 1 is 1.08 bits per heavy atom. The molecule has 2 aromatic rings. The van der Waals surface area contributed by atoms with Crippen LogP contribution in [0, 0.1) is 17.1 Å². The number of para-hydroxylation sites is 1. The third kappa shape index (κ3) is 2.97. The average Bonchev–Trinajstić information content (AvgIpc) is 2.68. The first-order valence-electron chi connectivity index (χ1n) is 8.75. The molecule has 3 nitrogen and oxygen atoms in total. The number of hydrogen-bond donors (Lipinski definition) is 1. The number of nitrogens with one attached hydrogen (secondary N) is 1. The molecule has 0 bridgehead atoms. The molecule has 1 unspecified atom stereocenters. The normalized spacial score (nSPS) is 19.9. The lowest BCUT2D eigenvalue weighted by Crippen LogP contribution is -2.27. The Morgan fingerprint density at radius 2 is 1.88 bits per heavy atom. The summed E-state index contributed by atoms with van der Waals surface area (Å²) >= 11 is 0. The maximum Gasteiger partial charge on any atom is 0.148 e. The zero-order valence-corrected chi connectivity index (χ0v) is 14.1. The Hall–Kier alpha value is -2.71. The summed E-state index contributed by atoms with van der Waals surface area (Å²) in [6.45, 7) is 1.83. The molecule has 2 aromatic carbocycles. The monoisotopic (exact) mass is 352 g/mol. The molecule has 1 saturated heterocycles. The van der Waals surface area contributed by atoms with Crippen molar-refractivity contribution in [3.63, 3.8) is 0 Å². The van der Waals surface area contributed by atoms with Crippen LogP contribution in [0.25, 0.3) is 5.83 Å². The van der Waals surface area contributed by atoms with Crippen LogP contribution in [0.15, 0.2) is 42.5 Å². The smallest absolute Gasteiger partial charge is 0.148 e. The minimum absolute atomic E-state index is 0.224. The van der Waals surface area contributed by atoms with Crippen LogP contribution in [0.3, 0.4) is 0 Å². The molecule has 0 spiro atoms. The van der Waals surface area contributed by atoms with Crippen molar-refractivity contribution in [1.82, 2.24) is 5.32 Å². The molecule has 1 N–H and O–H groups in total. The number of nitrogens with zero attached hydrogens (tertiary/aromatic N) is 1. The van der Waals surface area contributed by atoms with Gasteiger partial charge in [0.05, 0.1) is 17.2 Å². The lowest BCUT2D eigenvalue weighted by atomic mass is 9.87. The van der Waals surface area contributed by atoms with Crippen LogP contribution in [-0.4, -0.2) is 13.1 Å². The van der Waals surface area contributed by atoms with Crippen molar-refractivity contribution in [2.45, 2.75) is 24.9 Å². The summed E-state index contributed by atoms with van der Waals surface area (Å²) in [5, 5.41) is 12.2. The molecule has 1 fully saturated rings. The first-order valence-corrected chi connectivity index (χ1v) is 8.75. The third-order valence-electron chi connectivity index (χ3n) is 5.06. The zero-order valence-electron chi connectivity index (χ0n) is 14.1. The quantitative estimate of drug-likeness (QED) is 0.858. The van der Waals surface area contributed by atoms with Crippen LogP contribution in [0.2, 0.25) is 0 Å². The molecule has 1 atom stereocenters. The van der Waals surface area contributed by atoms with Crippen LogP contribution >= 0.6 is 0 Å². The van der Waals surface area contributed by atoms with Crippen LogP contribution < -0.4 is 10.1 Å². The summed E-state index contributed by atoms with van der Waals surface area (Å²) in [5.74, 6) is -0.173. The number of fused-ring (bicyclic) bond motifs is 1. The highest BCUT2D eigenvalue weighted by Crippen LogP contribution is 2.44. The predicted molar refractivity (Wildman–Crippen MR) is 94.9 cm³/mol. The Kier molecular flexibility index (Phi) is 4.44. The summed E-state index contributed by atoms with van der Waals surface area (Å²) in [5.41, 5.74) is 1.85. The highest BCUT2D eigenvalue weighted by molar-refractivity contribution is 5.70. The Morgan fingerprint density at radius 3 is 2.62 bits per heavy atom. The van der Waals surface area contributed by atoms with Crippen LogP contribution in [-0.2, 0) is 0 Å². The van der Waals surface area contributed by atoms with E-state index in [0.29, 0.717) is 17.2 Å². The molecule has 0 aromatic heterocycles. The number of hydrogen-bond acceptors (Lipinski definition) is 3. The Labute approximate surface area is 150 Å². The van der Waals surface area contributed by atoms with Gasteiger partial charge in [-0.15, -0.1) is 0 Å². The SMILES string of the molecule is N#Cc1ccc(C2C=C(F)c3cccc(C4CCNCC4)c3O2)c(F)c1. The van der Waals surface area contributed by atoms with E-state index in [0.717, 1.165) is 37.6 Å². The number of ether oxygens (including phenoxy) is 1. The molecule has 132 valence electrons. The fraction of sp³-hybridized carbons (Fsp3) is 0.286.